The Morgan fingerprint density at radius 3 is 2.42 bits per heavy atom. The maximum Gasteiger partial charge on any atom is 0.119 e. The Hall–Kier alpha value is -2.89. The van der Waals surface area contributed by atoms with Crippen molar-refractivity contribution < 1.29 is 4.74 Å². The number of rotatable bonds is 6. The van der Waals surface area contributed by atoms with E-state index in [-0.39, 0.29) is 24.8 Å². The highest BCUT2D eigenvalue weighted by Gasteiger charge is 2.16. The lowest BCUT2D eigenvalue weighted by molar-refractivity contribution is 0.415. The van der Waals surface area contributed by atoms with Crippen molar-refractivity contribution in [2.24, 2.45) is 4.99 Å². The molecule has 196 valence electrons. The number of halogens is 3. The summed E-state index contributed by atoms with van der Waals surface area (Å²) in [6, 6.07) is 31.2. The van der Waals surface area contributed by atoms with Crippen LogP contribution in [-0.2, 0) is 0 Å². The molecule has 0 fully saturated rings. The summed E-state index contributed by atoms with van der Waals surface area (Å²) in [5, 5.41) is 0.747. The van der Waals surface area contributed by atoms with Gasteiger partial charge in [-0.25, -0.2) is 0 Å². The highest BCUT2D eigenvalue weighted by atomic mass is 35.5. The Kier molecular flexibility index (Phi) is 10.7. The Balaban J connectivity index is 0.00000200. The normalized spacial score (nSPS) is 12.6. The standard InChI is InChI=1S/C31H27ClN2OS.2ClH/c1-34-19-18-33-29(28-16-10-24(21-30(28)34)23-7-5-8-26(20-23)35-2)17-11-22-6-3-4-9-31(22)36-27-14-12-25(32)13-15-27;;/h3-17,20-21H,18-19H2,1-2H3;2*1H/b17-11+;;. The zero-order valence-corrected chi connectivity index (χ0v) is 24.3. The SMILES string of the molecule is COc1cccc(-c2ccc3c(c2)N(C)CCN=C3/C=C/c2ccccc2Sc2ccc(Cl)cc2)c1.Cl.Cl. The molecule has 5 rings (SSSR count). The van der Waals surface area contributed by atoms with Gasteiger partial charge >= 0.3 is 0 Å². The smallest absolute Gasteiger partial charge is 0.119 e. The molecule has 3 nitrogen and oxygen atoms in total. The number of benzodiazepines with no additional fused rings is 1. The van der Waals surface area contributed by atoms with Crippen molar-refractivity contribution in [1.82, 2.24) is 0 Å². The Labute approximate surface area is 246 Å². The van der Waals surface area contributed by atoms with Crippen LogP contribution in [0, 0.1) is 0 Å². The van der Waals surface area contributed by atoms with E-state index in [4.69, 9.17) is 21.3 Å². The number of allylic oxidation sites excluding steroid dienone is 1. The van der Waals surface area contributed by atoms with Gasteiger partial charge in [-0.3, -0.25) is 4.99 Å². The molecule has 7 heteroatoms. The van der Waals surface area contributed by atoms with Gasteiger partial charge in [0.2, 0.25) is 0 Å². The number of hydrogen-bond acceptors (Lipinski definition) is 4. The first-order valence-electron chi connectivity index (χ1n) is 11.9. The Morgan fingerprint density at radius 1 is 0.868 bits per heavy atom. The Bertz CT molecular complexity index is 1440. The van der Waals surface area contributed by atoms with Gasteiger partial charge in [-0.2, -0.15) is 0 Å². The fourth-order valence-corrected chi connectivity index (χ4v) is 5.28. The third kappa shape index (κ3) is 6.95. The molecule has 0 atom stereocenters. The lowest BCUT2D eigenvalue weighted by Gasteiger charge is -2.20. The molecule has 1 aliphatic heterocycles. The highest BCUT2D eigenvalue weighted by molar-refractivity contribution is 7.99. The van der Waals surface area contributed by atoms with Crippen LogP contribution in [0.3, 0.4) is 0 Å². The van der Waals surface area contributed by atoms with Gasteiger partial charge in [-0.05, 0) is 71.3 Å². The zero-order chi connectivity index (χ0) is 24.9. The van der Waals surface area contributed by atoms with Crippen LogP contribution in [0.1, 0.15) is 11.1 Å². The van der Waals surface area contributed by atoms with Gasteiger partial charge in [0.25, 0.3) is 0 Å². The van der Waals surface area contributed by atoms with E-state index in [0.717, 1.165) is 56.7 Å². The summed E-state index contributed by atoms with van der Waals surface area (Å²) in [5.74, 6) is 0.858. The van der Waals surface area contributed by atoms with Gasteiger partial charge in [0, 0.05) is 39.7 Å². The zero-order valence-electron chi connectivity index (χ0n) is 21.1. The number of methoxy groups -OCH3 is 1. The molecular weight excluding hydrogens is 555 g/mol. The summed E-state index contributed by atoms with van der Waals surface area (Å²) in [7, 11) is 3.83. The molecule has 4 aromatic carbocycles. The van der Waals surface area contributed by atoms with Gasteiger partial charge in [0.1, 0.15) is 5.75 Å². The van der Waals surface area contributed by atoms with Crippen LogP contribution in [0.15, 0.2) is 112 Å². The number of nitrogens with zero attached hydrogens (tertiary/aromatic N) is 2. The van der Waals surface area contributed by atoms with Crippen LogP contribution in [0.5, 0.6) is 5.75 Å². The van der Waals surface area contributed by atoms with Crippen LogP contribution < -0.4 is 9.64 Å². The van der Waals surface area contributed by atoms with Crippen molar-refractivity contribution in [3.8, 4) is 16.9 Å². The first-order chi connectivity index (χ1) is 17.6. The molecule has 4 aromatic rings. The first kappa shape index (κ1) is 29.7. The second kappa shape index (κ2) is 13.8. The van der Waals surface area contributed by atoms with Crippen LogP contribution in [0.2, 0.25) is 5.02 Å². The van der Waals surface area contributed by atoms with Crippen molar-refractivity contribution in [3.63, 3.8) is 0 Å². The van der Waals surface area contributed by atoms with Crippen molar-refractivity contribution >= 4 is 65.7 Å². The van der Waals surface area contributed by atoms with Gasteiger partial charge in [-0.15, -0.1) is 24.8 Å². The third-order valence-electron chi connectivity index (χ3n) is 6.19. The lowest BCUT2D eigenvalue weighted by Crippen LogP contribution is -2.20. The number of ether oxygens (including phenoxy) is 1. The molecule has 38 heavy (non-hydrogen) atoms. The van der Waals surface area contributed by atoms with Gasteiger partial charge in [0.05, 0.1) is 19.4 Å². The fraction of sp³-hybridized carbons (Fsp3) is 0.129. The summed E-state index contributed by atoms with van der Waals surface area (Å²) in [4.78, 5) is 9.56. The molecule has 0 aromatic heterocycles. The van der Waals surface area contributed by atoms with E-state index in [1.807, 2.05) is 24.3 Å². The van der Waals surface area contributed by atoms with E-state index < -0.39 is 0 Å². The number of benzene rings is 4. The van der Waals surface area contributed by atoms with E-state index in [9.17, 15) is 0 Å². The van der Waals surface area contributed by atoms with Crippen LogP contribution in [-0.4, -0.2) is 33.0 Å². The molecule has 0 radical (unpaired) electrons. The summed E-state index contributed by atoms with van der Waals surface area (Å²) < 4.78 is 5.43. The second-order valence-electron chi connectivity index (χ2n) is 8.58. The molecule has 0 N–H and O–H groups in total. The number of anilines is 1. The fourth-order valence-electron chi connectivity index (χ4n) is 4.22. The van der Waals surface area contributed by atoms with Crippen molar-refractivity contribution in [3.05, 3.63) is 113 Å². The van der Waals surface area contributed by atoms with Gasteiger partial charge in [0.15, 0.2) is 0 Å². The number of aliphatic imine (C=N–C) groups is 1. The molecule has 0 amide bonds. The lowest BCUT2D eigenvalue weighted by atomic mass is 9.99. The quantitative estimate of drug-likeness (QED) is 0.226. The highest BCUT2D eigenvalue weighted by Crippen LogP contribution is 2.33. The summed E-state index contributed by atoms with van der Waals surface area (Å²) in [6.45, 7) is 1.62. The maximum absolute atomic E-state index is 6.06. The molecule has 1 aliphatic rings. The number of hydrogen-bond donors (Lipinski definition) is 0. The minimum absolute atomic E-state index is 0. The van der Waals surface area contributed by atoms with E-state index in [0.29, 0.717) is 0 Å². The number of likely N-dealkylation sites (N-methyl/N-ethyl adjacent to an activating group) is 1. The summed E-state index contributed by atoms with van der Waals surface area (Å²) in [5.41, 5.74) is 6.78. The van der Waals surface area contributed by atoms with Gasteiger partial charge in [-0.1, -0.05) is 71.9 Å². The minimum atomic E-state index is 0. The van der Waals surface area contributed by atoms with E-state index in [1.54, 1.807) is 18.9 Å². The Morgan fingerprint density at radius 2 is 1.63 bits per heavy atom. The van der Waals surface area contributed by atoms with E-state index in [2.05, 4.69) is 90.8 Å². The first-order valence-corrected chi connectivity index (χ1v) is 13.0. The molecule has 0 aliphatic carbocycles. The molecule has 0 saturated heterocycles. The number of fused-ring (bicyclic) bond motifs is 1. The third-order valence-corrected chi connectivity index (χ3v) is 7.54. The molecule has 0 unspecified atom stereocenters. The average molecular weight is 584 g/mol. The average Bonchev–Trinajstić information content (AvgIpc) is 3.07. The molecule has 0 saturated carbocycles. The largest absolute Gasteiger partial charge is 0.497 e. The predicted octanol–water partition coefficient (Wildman–Crippen LogP) is 8.96. The van der Waals surface area contributed by atoms with Crippen molar-refractivity contribution in [2.45, 2.75) is 9.79 Å². The molecular formula is C31H29Cl3N2OS. The summed E-state index contributed by atoms with van der Waals surface area (Å²) >= 11 is 7.80. The van der Waals surface area contributed by atoms with Gasteiger partial charge < -0.3 is 9.64 Å². The second-order valence-corrected chi connectivity index (χ2v) is 10.1. The summed E-state index contributed by atoms with van der Waals surface area (Å²) in [6.07, 6.45) is 4.31. The molecule has 0 spiro atoms. The van der Waals surface area contributed by atoms with Crippen LogP contribution in [0.4, 0.5) is 5.69 Å². The maximum atomic E-state index is 6.06. The van der Waals surface area contributed by atoms with E-state index >= 15 is 0 Å². The van der Waals surface area contributed by atoms with Crippen molar-refractivity contribution in [2.75, 3.05) is 32.1 Å². The van der Waals surface area contributed by atoms with Crippen LogP contribution >= 0.6 is 48.2 Å². The predicted molar refractivity (Wildman–Crippen MR) is 169 cm³/mol. The minimum Gasteiger partial charge on any atom is -0.497 e. The van der Waals surface area contributed by atoms with Crippen LogP contribution in [0.25, 0.3) is 17.2 Å². The monoisotopic (exact) mass is 582 g/mol. The molecule has 0 bridgehead atoms. The molecule has 1 heterocycles. The van der Waals surface area contributed by atoms with E-state index in [1.165, 1.54) is 10.6 Å². The van der Waals surface area contributed by atoms with Crippen molar-refractivity contribution in [1.29, 1.82) is 0 Å². The topological polar surface area (TPSA) is 24.8 Å².